The normalized spacial score (nSPS) is 14.9. The quantitative estimate of drug-likeness (QED) is 0.417. The molecule has 178 valence electrons. The van der Waals surface area contributed by atoms with Crippen LogP contribution in [0.15, 0.2) is 29.8 Å². The minimum atomic E-state index is -0.891. The van der Waals surface area contributed by atoms with Gasteiger partial charge in [-0.1, -0.05) is 0 Å². The van der Waals surface area contributed by atoms with Crippen molar-refractivity contribution in [3.05, 3.63) is 69.2 Å². The molecule has 13 heteroatoms. The van der Waals surface area contributed by atoms with E-state index in [2.05, 4.69) is 31.9 Å². The molecule has 1 fully saturated rings. The number of carbonyl (C=O) groups is 1. The number of rotatable bonds is 7. The molecule has 1 aliphatic carbocycles. The third kappa shape index (κ3) is 4.17. The van der Waals surface area contributed by atoms with E-state index in [-0.39, 0.29) is 18.1 Å². The van der Waals surface area contributed by atoms with Gasteiger partial charge in [0.05, 0.1) is 17.3 Å². The molecule has 1 N–H and O–H groups in total. The van der Waals surface area contributed by atoms with Crippen molar-refractivity contribution in [3.8, 4) is 11.8 Å². The number of nitriles is 1. The van der Waals surface area contributed by atoms with Crippen molar-refractivity contribution < 1.29 is 13.6 Å². The van der Waals surface area contributed by atoms with E-state index in [0.717, 1.165) is 40.5 Å². The van der Waals surface area contributed by atoms with Gasteiger partial charge in [-0.15, -0.1) is 26.3 Å². The molecule has 0 bridgehead atoms. The molecule has 1 aromatic carbocycles. The van der Waals surface area contributed by atoms with Crippen molar-refractivity contribution in [1.29, 1.82) is 5.26 Å². The number of aryl methyl sites for hydroxylation is 1. The van der Waals surface area contributed by atoms with Gasteiger partial charge in [-0.25, -0.2) is 13.8 Å². The second-order valence-electron chi connectivity index (χ2n) is 8.51. The molecular weight excluding hydrogens is 476 g/mol. The molecule has 1 amide bonds. The van der Waals surface area contributed by atoms with E-state index in [1.807, 2.05) is 12.3 Å². The maximum Gasteiger partial charge on any atom is 0.292 e. The molecule has 3 heterocycles. The lowest BCUT2D eigenvalue weighted by Crippen LogP contribution is -2.40. The average Bonchev–Trinajstić information content (AvgIpc) is 3.23. The molecule has 10 nitrogen and oxygen atoms in total. The number of tetrazole rings is 1. The van der Waals surface area contributed by atoms with E-state index in [4.69, 9.17) is 4.98 Å². The van der Waals surface area contributed by atoms with Crippen molar-refractivity contribution in [2.24, 2.45) is 7.05 Å². The Bertz CT molecular complexity index is 1470. The van der Waals surface area contributed by atoms with Crippen LogP contribution in [0.25, 0.3) is 5.69 Å². The number of thiazole rings is 1. The van der Waals surface area contributed by atoms with Gasteiger partial charge < -0.3 is 5.32 Å². The lowest BCUT2D eigenvalue weighted by Gasteiger charge is -2.27. The van der Waals surface area contributed by atoms with Crippen LogP contribution in [0.5, 0.6) is 0 Å². The van der Waals surface area contributed by atoms with E-state index in [0.29, 0.717) is 23.2 Å². The topological polar surface area (TPSA) is 127 Å². The minimum Gasteiger partial charge on any atom is -0.348 e. The maximum atomic E-state index is 14.1. The van der Waals surface area contributed by atoms with Gasteiger partial charge >= 0.3 is 0 Å². The molecular formula is C22H19F2N9OS. The van der Waals surface area contributed by atoms with Crippen molar-refractivity contribution in [2.75, 3.05) is 6.54 Å². The number of carbonyl (C=O) groups excluding carboxylic acids is 1. The summed E-state index contributed by atoms with van der Waals surface area (Å²) in [6.45, 7) is 1.96. The average molecular weight is 496 g/mol. The second kappa shape index (κ2) is 8.62. The summed E-state index contributed by atoms with van der Waals surface area (Å²) in [4.78, 5) is 18.5. The Hall–Kier alpha value is -4.05. The highest BCUT2D eigenvalue weighted by molar-refractivity contribution is 7.09. The van der Waals surface area contributed by atoms with Gasteiger partial charge in [-0.3, -0.25) is 9.48 Å². The zero-order valence-corrected chi connectivity index (χ0v) is 19.6. The first-order valence-corrected chi connectivity index (χ1v) is 11.6. The zero-order valence-electron chi connectivity index (χ0n) is 18.7. The molecule has 0 radical (unpaired) electrons. The van der Waals surface area contributed by atoms with E-state index in [1.165, 1.54) is 16.0 Å². The third-order valence-corrected chi connectivity index (χ3v) is 7.10. The number of nitrogens with zero attached hydrogens (tertiary/aromatic N) is 8. The largest absolute Gasteiger partial charge is 0.348 e. The Labute approximate surface area is 202 Å². The second-order valence-corrected chi connectivity index (χ2v) is 9.37. The number of aromatic nitrogens is 7. The zero-order chi connectivity index (χ0) is 24.7. The summed E-state index contributed by atoms with van der Waals surface area (Å²) < 4.78 is 28.7. The number of hydrogen-bond donors (Lipinski definition) is 1. The number of halogens is 2. The van der Waals surface area contributed by atoms with E-state index in [9.17, 15) is 18.8 Å². The summed E-state index contributed by atoms with van der Waals surface area (Å²) in [5.41, 5.74) is 1.000. The third-order valence-electron chi connectivity index (χ3n) is 5.97. The molecule has 35 heavy (non-hydrogen) atoms. The molecule has 0 aliphatic heterocycles. The van der Waals surface area contributed by atoms with E-state index < -0.39 is 23.0 Å². The lowest BCUT2D eigenvalue weighted by molar-refractivity contribution is 0.0936. The Kier molecular flexibility index (Phi) is 5.60. The molecule has 1 saturated carbocycles. The predicted octanol–water partition coefficient (Wildman–Crippen LogP) is 2.62. The van der Waals surface area contributed by atoms with Gasteiger partial charge in [0.15, 0.2) is 5.82 Å². The lowest BCUT2D eigenvalue weighted by atomic mass is 9.83. The van der Waals surface area contributed by atoms with Crippen molar-refractivity contribution in [2.45, 2.75) is 31.1 Å². The SMILES string of the molecule is Cn1ncc(C(C)(CNC(=O)c2nnn(-c3ccc(F)cc3F)n2)c2nc(C3CC3)cs2)c1C#N. The number of nitrogens with one attached hydrogen (secondary N) is 1. The standard InChI is InChI=1S/C22H19F2N9OS/c1-22(14-9-27-32(2)18(14)8-25,21-28-16(10-35-21)12-3-4-12)11-26-20(34)19-29-31-33(30-19)17-6-5-13(23)7-15(17)24/h5-7,9-10,12H,3-4,11H2,1-2H3,(H,26,34). The monoisotopic (exact) mass is 495 g/mol. The van der Waals surface area contributed by atoms with Crippen molar-refractivity contribution in [1.82, 2.24) is 40.3 Å². The molecule has 3 aromatic heterocycles. The van der Waals surface area contributed by atoms with E-state index >= 15 is 0 Å². The fraction of sp³-hybridized carbons (Fsp3) is 0.318. The van der Waals surface area contributed by atoms with Gasteiger partial charge in [0, 0.05) is 36.5 Å². The van der Waals surface area contributed by atoms with Crippen molar-refractivity contribution >= 4 is 17.2 Å². The molecule has 4 aromatic rings. The highest BCUT2D eigenvalue weighted by Gasteiger charge is 2.38. The molecule has 1 atom stereocenters. The van der Waals surface area contributed by atoms with Crippen LogP contribution in [-0.4, -0.2) is 47.4 Å². The van der Waals surface area contributed by atoms with Crippen LogP contribution in [0.2, 0.25) is 0 Å². The fourth-order valence-electron chi connectivity index (χ4n) is 3.75. The van der Waals surface area contributed by atoms with Crippen LogP contribution in [0.4, 0.5) is 8.78 Å². The maximum absolute atomic E-state index is 14.1. The summed E-state index contributed by atoms with van der Waals surface area (Å²) in [6.07, 6.45) is 3.81. The smallest absolute Gasteiger partial charge is 0.292 e. The summed E-state index contributed by atoms with van der Waals surface area (Å²) in [5.74, 6) is -2.12. The highest BCUT2D eigenvalue weighted by atomic mass is 32.1. The molecule has 5 rings (SSSR count). The van der Waals surface area contributed by atoms with Crippen LogP contribution in [0.3, 0.4) is 0 Å². The molecule has 0 saturated heterocycles. The number of benzene rings is 1. The summed E-state index contributed by atoms with van der Waals surface area (Å²) in [7, 11) is 1.68. The van der Waals surface area contributed by atoms with Gasteiger partial charge in [-0.05, 0) is 37.1 Å². The van der Waals surface area contributed by atoms with Crippen LogP contribution in [0.1, 0.15) is 58.3 Å². The predicted molar refractivity (Wildman–Crippen MR) is 120 cm³/mol. The Morgan fingerprint density at radius 2 is 2.17 bits per heavy atom. The molecule has 1 aliphatic rings. The van der Waals surface area contributed by atoms with Crippen molar-refractivity contribution in [3.63, 3.8) is 0 Å². The summed E-state index contributed by atoms with van der Waals surface area (Å²) >= 11 is 1.47. The van der Waals surface area contributed by atoms with Crippen LogP contribution < -0.4 is 5.32 Å². The first-order valence-electron chi connectivity index (χ1n) is 10.7. The van der Waals surface area contributed by atoms with Gasteiger partial charge in [0.1, 0.15) is 28.3 Å². The van der Waals surface area contributed by atoms with Gasteiger partial charge in [-0.2, -0.15) is 10.4 Å². The van der Waals surface area contributed by atoms with Crippen LogP contribution in [-0.2, 0) is 12.5 Å². The molecule has 0 spiro atoms. The summed E-state index contributed by atoms with van der Waals surface area (Å²) in [5, 5.41) is 30.8. The van der Waals surface area contributed by atoms with Gasteiger partial charge in [0.25, 0.3) is 11.7 Å². The number of amides is 1. The first kappa shape index (κ1) is 22.7. The summed E-state index contributed by atoms with van der Waals surface area (Å²) in [6, 6.07) is 5.07. The van der Waals surface area contributed by atoms with Crippen LogP contribution in [0, 0.1) is 23.0 Å². The molecule has 1 unspecified atom stereocenters. The number of hydrogen-bond acceptors (Lipinski definition) is 8. The van der Waals surface area contributed by atoms with Crippen LogP contribution >= 0.6 is 11.3 Å². The van der Waals surface area contributed by atoms with Gasteiger partial charge in [0.2, 0.25) is 0 Å². The Balaban J connectivity index is 1.42. The minimum absolute atomic E-state index is 0.0727. The first-order chi connectivity index (χ1) is 16.8. The highest BCUT2D eigenvalue weighted by Crippen LogP contribution is 2.43. The Morgan fingerprint density at radius 1 is 1.37 bits per heavy atom. The van der Waals surface area contributed by atoms with E-state index in [1.54, 1.807) is 13.2 Å². The fourth-order valence-corrected chi connectivity index (χ4v) is 4.83. The Morgan fingerprint density at radius 3 is 2.89 bits per heavy atom.